The fourth-order valence-corrected chi connectivity index (χ4v) is 3.69. The highest BCUT2D eigenvalue weighted by Gasteiger charge is 2.38. The zero-order chi connectivity index (χ0) is 18.7. The minimum absolute atomic E-state index is 0.131. The number of nitrogens with one attached hydrogen (secondary N) is 2. The number of pyridine rings is 1. The molecule has 1 aromatic carbocycles. The van der Waals surface area contributed by atoms with E-state index in [9.17, 15) is 4.79 Å². The first-order valence-electron chi connectivity index (χ1n) is 9.55. The normalized spacial score (nSPS) is 15.1. The van der Waals surface area contributed by atoms with E-state index in [4.69, 9.17) is 0 Å². The zero-order valence-electron chi connectivity index (χ0n) is 15.5. The smallest absolute Gasteiger partial charge is 0.251 e. The van der Waals surface area contributed by atoms with Crippen molar-refractivity contribution in [2.75, 3.05) is 11.9 Å². The van der Waals surface area contributed by atoms with Crippen molar-refractivity contribution in [3.05, 3.63) is 76.3 Å². The molecule has 3 aromatic rings. The third-order valence-electron chi connectivity index (χ3n) is 5.50. The number of hydrogen-bond donors (Lipinski definition) is 2. The molecule has 2 N–H and O–H groups in total. The van der Waals surface area contributed by atoms with Crippen LogP contribution in [0, 0.1) is 0 Å². The highest BCUT2D eigenvalue weighted by atomic mass is 16.1. The van der Waals surface area contributed by atoms with Gasteiger partial charge in [0.2, 0.25) is 0 Å². The van der Waals surface area contributed by atoms with E-state index in [1.807, 2.05) is 19.1 Å². The van der Waals surface area contributed by atoms with Crippen molar-refractivity contribution in [3.63, 3.8) is 0 Å². The van der Waals surface area contributed by atoms with Crippen molar-refractivity contribution in [2.24, 2.45) is 0 Å². The minimum atomic E-state index is -0.131. The van der Waals surface area contributed by atoms with Gasteiger partial charge >= 0.3 is 0 Å². The first kappa shape index (κ1) is 17.5. The van der Waals surface area contributed by atoms with Gasteiger partial charge in [-0.2, -0.15) is 0 Å². The third-order valence-corrected chi connectivity index (χ3v) is 5.50. The molecule has 1 aliphatic rings. The van der Waals surface area contributed by atoms with E-state index in [0.717, 1.165) is 30.0 Å². The van der Waals surface area contributed by atoms with E-state index in [-0.39, 0.29) is 11.0 Å². The number of anilines is 1. The van der Waals surface area contributed by atoms with Crippen LogP contribution in [0.25, 0.3) is 11.4 Å². The second kappa shape index (κ2) is 7.35. The summed E-state index contributed by atoms with van der Waals surface area (Å²) in [6, 6.07) is 16.2. The van der Waals surface area contributed by atoms with Crippen LogP contribution in [-0.4, -0.2) is 21.5 Å². The topological polar surface area (TPSA) is 70.7 Å². The standard InChI is InChI=1S/C22H24N4O/c1-2-18-13-20(27)26-21(25-18)16-9-10-19(23-14-16)24-15-22(11-6-12-22)17-7-4-3-5-8-17/h3-5,7-10,13-14H,2,6,11-12,15H2,1H3,(H,23,24)(H,25,26,27). The highest BCUT2D eigenvalue weighted by molar-refractivity contribution is 5.56. The van der Waals surface area contributed by atoms with E-state index in [2.05, 4.69) is 50.6 Å². The predicted molar refractivity (Wildman–Crippen MR) is 108 cm³/mol. The lowest BCUT2D eigenvalue weighted by atomic mass is 9.64. The molecule has 0 aliphatic heterocycles. The van der Waals surface area contributed by atoms with Crippen LogP contribution in [0.3, 0.4) is 0 Å². The highest BCUT2D eigenvalue weighted by Crippen LogP contribution is 2.43. The van der Waals surface area contributed by atoms with Gasteiger partial charge in [-0.05, 0) is 37.0 Å². The number of aromatic amines is 1. The summed E-state index contributed by atoms with van der Waals surface area (Å²) < 4.78 is 0. The molecule has 4 rings (SSSR count). The van der Waals surface area contributed by atoms with Gasteiger partial charge in [-0.15, -0.1) is 0 Å². The SMILES string of the molecule is CCc1cc(=O)[nH]c(-c2ccc(NCC3(c4ccccc4)CCC3)nc2)n1. The predicted octanol–water partition coefficient (Wildman–Crippen LogP) is 3.93. The van der Waals surface area contributed by atoms with Gasteiger partial charge in [0.1, 0.15) is 11.6 Å². The van der Waals surface area contributed by atoms with Crippen molar-refractivity contribution in [2.45, 2.75) is 38.0 Å². The number of aromatic nitrogens is 3. The Balaban J connectivity index is 1.49. The van der Waals surface area contributed by atoms with Crippen molar-refractivity contribution in [1.29, 1.82) is 0 Å². The average Bonchev–Trinajstić information content (AvgIpc) is 2.68. The second-order valence-electron chi connectivity index (χ2n) is 7.22. The molecule has 5 nitrogen and oxygen atoms in total. The molecule has 2 aromatic heterocycles. The Hall–Kier alpha value is -2.95. The summed E-state index contributed by atoms with van der Waals surface area (Å²) in [7, 11) is 0. The van der Waals surface area contributed by atoms with E-state index in [1.165, 1.54) is 30.9 Å². The van der Waals surface area contributed by atoms with Crippen molar-refractivity contribution in [1.82, 2.24) is 15.0 Å². The molecule has 0 atom stereocenters. The number of benzene rings is 1. The largest absolute Gasteiger partial charge is 0.369 e. The third kappa shape index (κ3) is 3.63. The van der Waals surface area contributed by atoms with Crippen molar-refractivity contribution in [3.8, 4) is 11.4 Å². The molecule has 1 saturated carbocycles. The Morgan fingerprint density at radius 1 is 1.15 bits per heavy atom. The maximum Gasteiger partial charge on any atom is 0.251 e. The van der Waals surface area contributed by atoms with Crippen molar-refractivity contribution >= 4 is 5.82 Å². The number of aryl methyl sites for hydroxylation is 1. The van der Waals surface area contributed by atoms with Gasteiger partial charge in [-0.1, -0.05) is 43.7 Å². The molecule has 0 spiro atoms. The maximum atomic E-state index is 11.8. The Kier molecular flexibility index (Phi) is 4.75. The fourth-order valence-electron chi connectivity index (χ4n) is 3.69. The van der Waals surface area contributed by atoms with Gasteiger partial charge in [0, 0.05) is 35.5 Å². The van der Waals surface area contributed by atoms with Crippen LogP contribution in [0.1, 0.15) is 37.4 Å². The van der Waals surface area contributed by atoms with E-state index in [1.54, 1.807) is 6.20 Å². The summed E-state index contributed by atoms with van der Waals surface area (Å²) in [5.74, 6) is 1.41. The van der Waals surface area contributed by atoms with Crippen LogP contribution in [0.5, 0.6) is 0 Å². The Morgan fingerprint density at radius 3 is 2.59 bits per heavy atom. The minimum Gasteiger partial charge on any atom is -0.369 e. The van der Waals surface area contributed by atoms with Gasteiger partial charge < -0.3 is 10.3 Å². The molecule has 0 amide bonds. The molecule has 138 valence electrons. The molecular formula is C22H24N4O. The zero-order valence-corrected chi connectivity index (χ0v) is 15.5. The second-order valence-corrected chi connectivity index (χ2v) is 7.22. The summed E-state index contributed by atoms with van der Waals surface area (Å²) >= 11 is 0. The Morgan fingerprint density at radius 2 is 1.96 bits per heavy atom. The van der Waals surface area contributed by atoms with Crippen LogP contribution in [-0.2, 0) is 11.8 Å². The number of H-pyrrole nitrogens is 1. The molecule has 27 heavy (non-hydrogen) atoms. The lowest BCUT2D eigenvalue weighted by Gasteiger charge is -2.42. The molecule has 0 saturated heterocycles. The summed E-state index contributed by atoms with van der Waals surface area (Å²) in [4.78, 5) is 23.6. The van der Waals surface area contributed by atoms with E-state index < -0.39 is 0 Å². The molecule has 5 heteroatoms. The first-order chi connectivity index (χ1) is 13.2. The Labute approximate surface area is 158 Å². The molecular weight excluding hydrogens is 336 g/mol. The van der Waals surface area contributed by atoms with Crippen LogP contribution >= 0.6 is 0 Å². The summed E-state index contributed by atoms with van der Waals surface area (Å²) in [5, 5.41) is 3.50. The average molecular weight is 360 g/mol. The number of nitrogens with zero attached hydrogens (tertiary/aromatic N) is 2. The van der Waals surface area contributed by atoms with E-state index in [0.29, 0.717) is 5.82 Å². The molecule has 0 radical (unpaired) electrons. The van der Waals surface area contributed by atoms with Gasteiger partial charge in [-0.25, -0.2) is 9.97 Å². The van der Waals surface area contributed by atoms with Crippen LogP contribution in [0.15, 0.2) is 59.5 Å². The number of rotatable bonds is 6. The van der Waals surface area contributed by atoms with E-state index >= 15 is 0 Å². The molecule has 2 heterocycles. The van der Waals surface area contributed by atoms with Gasteiger partial charge in [0.15, 0.2) is 0 Å². The lowest BCUT2D eigenvalue weighted by molar-refractivity contribution is 0.260. The fraction of sp³-hybridized carbons (Fsp3) is 0.318. The van der Waals surface area contributed by atoms with Crippen LogP contribution in [0.4, 0.5) is 5.82 Å². The lowest BCUT2D eigenvalue weighted by Crippen LogP contribution is -2.41. The van der Waals surface area contributed by atoms with Crippen LogP contribution in [0.2, 0.25) is 0 Å². The summed E-state index contributed by atoms with van der Waals surface area (Å²) in [5.41, 5.74) is 3.08. The quantitative estimate of drug-likeness (QED) is 0.699. The molecule has 1 aliphatic carbocycles. The van der Waals surface area contributed by atoms with Gasteiger partial charge in [0.25, 0.3) is 5.56 Å². The summed E-state index contributed by atoms with van der Waals surface area (Å²) in [6.45, 7) is 2.86. The van der Waals surface area contributed by atoms with Crippen molar-refractivity contribution < 1.29 is 0 Å². The van der Waals surface area contributed by atoms with Crippen LogP contribution < -0.4 is 10.9 Å². The number of hydrogen-bond acceptors (Lipinski definition) is 4. The van der Waals surface area contributed by atoms with Gasteiger partial charge in [-0.3, -0.25) is 4.79 Å². The molecule has 0 bridgehead atoms. The molecule has 1 fully saturated rings. The molecule has 0 unspecified atom stereocenters. The summed E-state index contributed by atoms with van der Waals surface area (Å²) in [6.07, 6.45) is 6.17. The van der Waals surface area contributed by atoms with Gasteiger partial charge in [0.05, 0.1) is 0 Å². The maximum absolute atomic E-state index is 11.8. The first-order valence-corrected chi connectivity index (χ1v) is 9.55. The monoisotopic (exact) mass is 360 g/mol. The Bertz CT molecular complexity index is 960.